The maximum atomic E-state index is 12.1. The Morgan fingerprint density at radius 3 is 2.74 bits per heavy atom. The molecule has 2 rings (SSSR count). The van der Waals surface area contributed by atoms with E-state index < -0.39 is 6.10 Å². The molecular weight excluding hydrogens is 291 g/mol. The highest BCUT2D eigenvalue weighted by molar-refractivity contribution is 6.33. The van der Waals surface area contributed by atoms with Crippen molar-refractivity contribution in [1.29, 1.82) is 0 Å². The van der Waals surface area contributed by atoms with E-state index >= 15 is 0 Å². The number of halogens is 2. The summed E-state index contributed by atoms with van der Waals surface area (Å²) in [5, 5.41) is 0.429. The van der Waals surface area contributed by atoms with Crippen LogP contribution >= 0.6 is 23.2 Å². The van der Waals surface area contributed by atoms with Crippen LogP contribution in [0.15, 0.2) is 12.1 Å². The van der Waals surface area contributed by atoms with E-state index in [-0.39, 0.29) is 16.2 Å². The molecule has 0 bridgehead atoms. The zero-order chi connectivity index (χ0) is 13.8. The average molecular weight is 305 g/mol. The molecule has 1 amide bonds. The van der Waals surface area contributed by atoms with Crippen LogP contribution in [-0.2, 0) is 9.53 Å². The Labute approximate surface area is 121 Å². The predicted octanol–water partition coefficient (Wildman–Crippen LogP) is 2.01. The van der Waals surface area contributed by atoms with Crippen LogP contribution in [0.5, 0.6) is 5.75 Å². The number of carbonyl (C=O) groups excluding carboxylic acids is 1. The van der Waals surface area contributed by atoms with E-state index in [0.717, 1.165) is 0 Å². The van der Waals surface area contributed by atoms with Crippen molar-refractivity contribution in [3.05, 3.63) is 22.4 Å². The summed E-state index contributed by atoms with van der Waals surface area (Å²) in [6.07, 6.45) is -0.626. The Kier molecular flexibility index (Phi) is 4.85. The summed E-state index contributed by atoms with van der Waals surface area (Å²) >= 11 is 11.6. The normalized spacial score (nSPS) is 17.1. The molecular formula is C12H14Cl2N2O3. The average Bonchev–Trinajstić information content (AvgIpc) is 2.42. The van der Waals surface area contributed by atoms with E-state index in [2.05, 4.69) is 4.98 Å². The topological polar surface area (TPSA) is 51.7 Å². The Bertz CT molecular complexity index is 464. The number of hydrogen-bond donors (Lipinski definition) is 0. The molecule has 1 atom stereocenters. The van der Waals surface area contributed by atoms with Crippen LogP contribution in [0.4, 0.5) is 0 Å². The van der Waals surface area contributed by atoms with Crippen LogP contribution in [-0.4, -0.2) is 48.2 Å². The van der Waals surface area contributed by atoms with E-state index in [1.807, 2.05) is 0 Å². The van der Waals surface area contributed by atoms with E-state index in [9.17, 15) is 4.79 Å². The quantitative estimate of drug-likeness (QED) is 0.802. The largest absolute Gasteiger partial charge is 0.478 e. The van der Waals surface area contributed by atoms with Gasteiger partial charge in [0.25, 0.3) is 5.91 Å². The van der Waals surface area contributed by atoms with Crippen molar-refractivity contribution in [2.75, 3.05) is 26.3 Å². The van der Waals surface area contributed by atoms with Crippen LogP contribution in [0.3, 0.4) is 0 Å². The van der Waals surface area contributed by atoms with Crippen LogP contribution < -0.4 is 4.74 Å². The first-order valence-electron chi connectivity index (χ1n) is 5.93. The van der Waals surface area contributed by atoms with Gasteiger partial charge < -0.3 is 14.4 Å². The number of aromatic nitrogens is 1. The van der Waals surface area contributed by atoms with Crippen molar-refractivity contribution in [2.24, 2.45) is 0 Å². The minimum absolute atomic E-state index is 0.0886. The molecule has 104 valence electrons. The van der Waals surface area contributed by atoms with Crippen molar-refractivity contribution in [1.82, 2.24) is 9.88 Å². The zero-order valence-corrected chi connectivity index (χ0v) is 11.9. The molecule has 19 heavy (non-hydrogen) atoms. The maximum absolute atomic E-state index is 12.1. The predicted molar refractivity (Wildman–Crippen MR) is 71.7 cm³/mol. The molecule has 1 aromatic rings. The molecule has 0 saturated carbocycles. The highest BCUT2D eigenvalue weighted by atomic mass is 35.5. The fourth-order valence-electron chi connectivity index (χ4n) is 1.77. The summed E-state index contributed by atoms with van der Waals surface area (Å²) in [5.74, 6) is 0.259. The molecule has 1 fully saturated rings. The van der Waals surface area contributed by atoms with Gasteiger partial charge in [-0.1, -0.05) is 23.2 Å². The van der Waals surface area contributed by atoms with Gasteiger partial charge in [0, 0.05) is 13.1 Å². The van der Waals surface area contributed by atoms with Crippen molar-refractivity contribution >= 4 is 29.1 Å². The van der Waals surface area contributed by atoms with Crippen LogP contribution in [0.1, 0.15) is 6.92 Å². The van der Waals surface area contributed by atoms with Crippen LogP contribution in [0, 0.1) is 0 Å². The molecule has 0 aromatic carbocycles. The second kappa shape index (κ2) is 6.41. The third-order valence-electron chi connectivity index (χ3n) is 2.75. The summed E-state index contributed by atoms with van der Waals surface area (Å²) in [4.78, 5) is 17.7. The van der Waals surface area contributed by atoms with Gasteiger partial charge in [-0.15, -0.1) is 0 Å². The highest BCUT2D eigenvalue weighted by Crippen LogP contribution is 2.25. The maximum Gasteiger partial charge on any atom is 0.263 e. The molecule has 0 aliphatic carbocycles. The van der Waals surface area contributed by atoms with Gasteiger partial charge in [0.15, 0.2) is 17.0 Å². The lowest BCUT2D eigenvalue weighted by Crippen LogP contribution is -2.46. The number of ether oxygens (including phenoxy) is 2. The molecule has 1 aromatic heterocycles. The van der Waals surface area contributed by atoms with Crippen molar-refractivity contribution < 1.29 is 14.3 Å². The van der Waals surface area contributed by atoms with Gasteiger partial charge in [0.2, 0.25) is 0 Å². The lowest BCUT2D eigenvalue weighted by atomic mass is 10.3. The second-order valence-electron chi connectivity index (χ2n) is 4.12. The lowest BCUT2D eigenvalue weighted by molar-refractivity contribution is -0.142. The number of nitrogens with zero attached hydrogens (tertiary/aromatic N) is 2. The first kappa shape index (κ1) is 14.4. The molecule has 1 aliphatic rings. The van der Waals surface area contributed by atoms with Gasteiger partial charge in [-0.05, 0) is 19.1 Å². The van der Waals surface area contributed by atoms with Gasteiger partial charge in [-0.3, -0.25) is 4.79 Å². The van der Waals surface area contributed by atoms with Crippen molar-refractivity contribution in [3.63, 3.8) is 0 Å². The zero-order valence-electron chi connectivity index (χ0n) is 10.4. The van der Waals surface area contributed by atoms with E-state index in [0.29, 0.717) is 32.1 Å². The number of rotatable bonds is 3. The molecule has 0 N–H and O–H groups in total. The Hall–Kier alpha value is -1.04. The van der Waals surface area contributed by atoms with Crippen molar-refractivity contribution in [3.8, 4) is 5.75 Å². The highest BCUT2D eigenvalue weighted by Gasteiger charge is 2.24. The van der Waals surface area contributed by atoms with E-state index in [1.165, 1.54) is 0 Å². The van der Waals surface area contributed by atoms with E-state index in [1.54, 1.807) is 24.0 Å². The standard InChI is InChI=1S/C12H14Cl2N2O3/c1-8(12(17)16-4-6-18-7-5-16)19-9-2-3-10(13)15-11(9)14/h2-3,8H,4-7H2,1H3. The second-order valence-corrected chi connectivity index (χ2v) is 4.87. The number of hydrogen-bond acceptors (Lipinski definition) is 4. The molecule has 7 heteroatoms. The number of pyridine rings is 1. The minimum Gasteiger partial charge on any atom is -0.478 e. The third kappa shape index (κ3) is 3.72. The summed E-state index contributed by atoms with van der Waals surface area (Å²) < 4.78 is 10.7. The van der Waals surface area contributed by atoms with Crippen molar-refractivity contribution in [2.45, 2.75) is 13.0 Å². The molecule has 1 aliphatic heterocycles. The molecule has 1 unspecified atom stereocenters. The summed E-state index contributed by atoms with van der Waals surface area (Å²) in [6, 6.07) is 3.16. The number of amides is 1. The molecule has 0 radical (unpaired) electrons. The van der Waals surface area contributed by atoms with E-state index in [4.69, 9.17) is 32.7 Å². The van der Waals surface area contributed by atoms with Crippen LogP contribution in [0.2, 0.25) is 10.3 Å². The van der Waals surface area contributed by atoms with Gasteiger partial charge in [-0.2, -0.15) is 0 Å². The first-order valence-corrected chi connectivity index (χ1v) is 6.69. The SMILES string of the molecule is CC(Oc1ccc(Cl)nc1Cl)C(=O)N1CCOCC1. The first-order chi connectivity index (χ1) is 9.08. The van der Waals surface area contributed by atoms with Gasteiger partial charge in [0.05, 0.1) is 13.2 Å². The summed E-state index contributed by atoms with van der Waals surface area (Å²) in [7, 11) is 0. The molecule has 2 heterocycles. The fraction of sp³-hybridized carbons (Fsp3) is 0.500. The minimum atomic E-state index is -0.626. The monoisotopic (exact) mass is 304 g/mol. The Morgan fingerprint density at radius 2 is 2.11 bits per heavy atom. The van der Waals surface area contributed by atoms with Gasteiger partial charge in [-0.25, -0.2) is 4.98 Å². The summed E-state index contributed by atoms with van der Waals surface area (Å²) in [6.45, 7) is 3.96. The number of carbonyl (C=O) groups is 1. The van der Waals surface area contributed by atoms with Crippen LogP contribution in [0.25, 0.3) is 0 Å². The number of morpholine rings is 1. The third-order valence-corrected chi connectivity index (χ3v) is 3.24. The molecule has 1 saturated heterocycles. The van der Waals surface area contributed by atoms with Gasteiger partial charge >= 0.3 is 0 Å². The molecule has 5 nitrogen and oxygen atoms in total. The smallest absolute Gasteiger partial charge is 0.263 e. The summed E-state index contributed by atoms with van der Waals surface area (Å²) in [5.41, 5.74) is 0. The Morgan fingerprint density at radius 1 is 1.42 bits per heavy atom. The fourth-order valence-corrected chi connectivity index (χ4v) is 2.16. The lowest BCUT2D eigenvalue weighted by Gasteiger charge is -2.29. The molecule has 0 spiro atoms. The Balaban J connectivity index is 1.99. The van der Waals surface area contributed by atoms with Gasteiger partial charge in [0.1, 0.15) is 5.15 Å².